The van der Waals surface area contributed by atoms with Crippen LogP contribution >= 0.6 is 7.05 Å². The largest absolute Gasteiger partial charge is 0.474 e. The molecule has 0 bridgehead atoms. The fourth-order valence-corrected chi connectivity index (χ4v) is 7.04. The second kappa shape index (κ2) is 7.89. The molecule has 28 heavy (non-hydrogen) atoms. The van der Waals surface area contributed by atoms with E-state index in [2.05, 4.69) is 42.5 Å². The second-order valence-electron chi connectivity index (χ2n) is 6.77. The highest BCUT2D eigenvalue weighted by atomic mass is 31.2. The summed E-state index contributed by atoms with van der Waals surface area (Å²) < 4.78 is 11.3. The summed E-state index contributed by atoms with van der Waals surface area (Å²) in [6.07, 6.45) is 0.575. The van der Waals surface area contributed by atoms with Gasteiger partial charge in [0.2, 0.25) is 5.88 Å². The molecule has 0 radical (unpaired) electrons. The van der Waals surface area contributed by atoms with Crippen LogP contribution in [0.15, 0.2) is 107 Å². The average molecular weight is 384 g/mol. The lowest BCUT2D eigenvalue weighted by Gasteiger charge is -2.27. The Morgan fingerprint density at radius 1 is 0.821 bits per heavy atom. The maximum absolute atomic E-state index is 9.63. The Morgan fingerprint density at radius 2 is 1.25 bits per heavy atom. The van der Waals surface area contributed by atoms with Gasteiger partial charge in [-0.15, -0.1) is 0 Å². The minimum Gasteiger partial charge on any atom is -0.474 e. The molecule has 3 aromatic rings. The molecule has 1 aliphatic heterocycles. The zero-order valence-electron chi connectivity index (χ0n) is 15.7. The Labute approximate surface area is 166 Å². The first-order valence-corrected chi connectivity index (χ1v) is 11.1. The van der Waals surface area contributed by atoms with E-state index in [0.717, 1.165) is 15.9 Å². The number of nitriles is 1. The zero-order valence-corrected chi connectivity index (χ0v) is 16.6. The molecule has 0 saturated heterocycles. The molecule has 3 nitrogen and oxygen atoms in total. The van der Waals surface area contributed by atoms with Crippen molar-refractivity contribution < 1.29 is 4.74 Å². The summed E-state index contributed by atoms with van der Waals surface area (Å²) in [5, 5.41) is 13.0. The SMILES string of the molecule is CC1CC(C#N)=C(N=P(c2ccccc2)(c2ccccc2)c2ccccc2)O1. The number of hydrogen-bond donors (Lipinski definition) is 0. The van der Waals surface area contributed by atoms with Crippen molar-refractivity contribution in [3.05, 3.63) is 102 Å². The molecule has 3 aromatic carbocycles. The first-order chi connectivity index (χ1) is 13.7. The summed E-state index contributed by atoms with van der Waals surface area (Å²) in [7, 11) is -2.39. The van der Waals surface area contributed by atoms with Gasteiger partial charge < -0.3 is 4.74 Å². The Hall–Kier alpha value is -3.08. The molecule has 1 atom stereocenters. The van der Waals surface area contributed by atoms with Gasteiger partial charge in [-0.25, -0.2) is 4.74 Å². The maximum Gasteiger partial charge on any atom is 0.227 e. The minimum absolute atomic E-state index is 0.0300. The summed E-state index contributed by atoms with van der Waals surface area (Å²) in [6, 6.07) is 33.4. The van der Waals surface area contributed by atoms with Crippen LogP contribution in [0.4, 0.5) is 0 Å². The van der Waals surface area contributed by atoms with E-state index in [1.54, 1.807) is 0 Å². The third kappa shape index (κ3) is 3.28. The molecule has 1 heterocycles. The molecule has 138 valence electrons. The molecule has 0 amide bonds. The van der Waals surface area contributed by atoms with Crippen LogP contribution in [0, 0.1) is 11.3 Å². The molecule has 0 spiro atoms. The average Bonchev–Trinajstić information content (AvgIpc) is 3.13. The van der Waals surface area contributed by atoms with Gasteiger partial charge in [0, 0.05) is 22.3 Å². The zero-order chi connectivity index (χ0) is 19.4. The number of ether oxygens (including phenoxy) is 1. The van der Waals surface area contributed by atoms with Crippen LogP contribution in [-0.2, 0) is 4.74 Å². The number of nitrogens with zero attached hydrogens (tertiary/aromatic N) is 2. The lowest BCUT2D eigenvalue weighted by Crippen LogP contribution is -2.25. The first-order valence-electron chi connectivity index (χ1n) is 9.33. The summed E-state index contributed by atoms with van der Waals surface area (Å²) in [5.41, 5.74) is 0.625. The van der Waals surface area contributed by atoms with Crippen molar-refractivity contribution in [2.24, 2.45) is 4.74 Å². The fraction of sp³-hybridized carbons (Fsp3) is 0.125. The van der Waals surface area contributed by atoms with Crippen molar-refractivity contribution >= 4 is 23.0 Å². The Bertz CT molecular complexity index is 980. The van der Waals surface area contributed by atoms with Crippen molar-refractivity contribution in [3.63, 3.8) is 0 Å². The van der Waals surface area contributed by atoms with Crippen molar-refractivity contribution in [2.75, 3.05) is 0 Å². The van der Waals surface area contributed by atoms with Crippen molar-refractivity contribution in [2.45, 2.75) is 19.4 Å². The normalized spacial score (nSPS) is 16.4. The second-order valence-corrected chi connectivity index (χ2v) is 9.79. The summed E-state index contributed by atoms with van der Waals surface area (Å²) >= 11 is 0. The van der Waals surface area contributed by atoms with Crippen molar-refractivity contribution in [1.82, 2.24) is 0 Å². The maximum atomic E-state index is 9.63. The van der Waals surface area contributed by atoms with Crippen LogP contribution in [-0.4, -0.2) is 6.10 Å². The van der Waals surface area contributed by atoms with Gasteiger partial charge >= 0.3 is 0 Å². The van der Waals surface area contributed by atoms with E-state index in [1.165, 1.54) is 0 Å². The Kier molecular flexibility index (Phi) is 5.15. The van der Waals surface area contributed by atoms with E-state index in [-0.39, 0.29) is 6.10 Å². The molecule has 0 N–H and O–H groups in total. The van der Waals surface area contributed by atoms with Crippen LogP contribution in [0.3, 0.4) is 0 Å². The number of hydrogen-bond acceptors (Lipinski definition) is 3. The number of rotatable bonds is 4. The van der Waals surface area contributed by atoms with E-state index in [1.807, 2.05) is 61.5 Å². The van der Waals surface area contributed by atoms with Crippen LogP contribution in [0.5, 0.6) is 0 Å². The first kappa shape index (κ1) is 18.3. The quantitative estimate of drug-likeness (QED) is 0.612. The molecule has 0 saturated carbocycles. The summed E-state index contributed by atoms with van der Waals surface area (Å²) in [6.45, 7) is 1.98. The topological polar surface area (TPSA) is 45.4 Å². The molecule has 1 aliphatic rings. The molecular weight excluding hydrogens is 363 g/mol. The van der Waals surface area contributed by atoms with E-state index < -0.39 is 7.05 Å². The van der Waals surface area contributed by atoms with E-state index in [9.17, 15) is 5.26 Å². The molecule has 4 rings (SSSR count). The predicted octanol–water partition coefficient (Wildman–Crippen LogP) is 4.71. The molecule has 0 fully saturated rings. The molecule has 4 heteroatoms. The van der Waals surface area contributed by atoms with Gasteiger partial charge in [0.15, 0.2) is 0 Å². The van der Waals surface area contributed by atoms with Gasteiger partial charge in [-0.1, -0.05) is 91.0 Å². The van der Waals surface area contributed by atoms with Crippen LogP contribution in [0.1, 0.15) is 13.3 Å². The molecule has 0 aromatic heterocycles. The fourth-order valence-electron chi connectivity index (χ4n) is 3.54. The molecule has 1 unspecified atom stereocenters. The lowest BCUT2D eigenvalue weighted by atomic mass is 10.2. The van der Waals surface area contributed by atoms with Gasteiger partial charge in [-0.3, -0.25) is 0 Å². The van der Waals surface area contributed by atoms with E-state index >= 15 is 0 Å². The lowest BCUT2D eigenvalue weighted by molar-refractivity contribution is 0.159. The molecular formula is C24H21N2OP. The monoisotopic (exact) mass is 384 g/mol. The highest BCUT2D eigenvalue weighted by Gasteiger charge is 2.31. The number of benzene rings is 3. The highest BCUT2D eigenvalue weighted by Crippen LogP contribution is 2.49. The van der Waals surface area contributed by atoms with Gasteiger partial charge in [0.1, 0.15) is 12.2 Å². The smallest absolute Gasteiger partial charge is 0.227 e. The van der Waals surface area contributed by atoms with Gasteiger partial charge in [0.05, 0.1) is 12.6 Å². The van der Waals surface area contributed by atoms with Crippen LogP contribution < -0.4 is 15.9 Å². The van der Waals surface area contributed by atoms with Gasteiger partial charge in [-0.2, -0.15) is 5.26 Å². The standard InChI is InChI=1S/C24H21N2OP/c1-19-17-20(18-25)24(27-19)26-28(21-11-5-2-6-12-21,22-13-7-3-8-14-22)23-15-9-4-10-16-23/h2-16,19H,17H2,1H3. The van der Waals surface area contributed by atoms with Crippen LogP contribution in [0.2, 0.25) is 0 Å². The summed E-state index contributed by atoms with van der Waals surface area (Å²) in [5.74, 6) is 0.486. The highest BCUT2D eigenvalue weighted by molar-refractivity contribution is 7.87. The van der Waals surface area contributed by atoms with Crippen molar-refractivity contribution in [3.8, 4) is 6.07 Å². The van der Waals surface area contributed by atoms with Gasteiger partial charge in [-0.05, 0) is 6.92 Å². The Balaban J connectivity index is 2.12. The summed E-state index contributed by atoms with van der Waals surface area (Å²) in [4.78, 5) is 0. The third-order valence-corrected chi connectivity index (χ3v) is 8.45. The van der Waals surface area contributed by atoms with Crippen molar-refractivity contribution in [1.29, 1.82) is 5.26 Å². The van der Waals surface area contributed by atoms with E-state index in [4.69, 9.17) is 9.48 Å². The molecule has 0 aliphatic carbocycles. The predicted molar refractivity (Wildman–Crippen MR) is 115 cm³/mol. The minimum atomic E-state index is -2.39. The van der Waals surface area contributed by atoms with Gasteiger partial charge in [0.25, 0.3) is 0 Å². The van der Waals surface area contributed by atoms with E-state index in [0.29, 0.717) is 17.9 Å². The van der Waals surface area contributed by atoms with Crippen LogP contribution in [0.25, 0.3) is 0 Å². The Morgan fingerprint density at radius 3 is 1.64 bits per heavy atom. The third-order valence-electron chi connectivity index (χ3n) is 4.83.